The maximum absolute atomic E-state index is 13.5. The van der Waals surface area contributed by atoms with Crippen molar-refractivity contribution in [3.63, 3.8) is 0 Å². The van der Waals surface area contributed by atoms with Gasteiger partial charge in [-0.1, -0.05) is 301 Å². The minimum Gasteiger partial charge on any atom is -0.394 e. The van der Waals surface area contributed by atoms with E-state index in [0.29, 0.717) is 19.3 Å². The molecule has 0 aromatic heterocycles. The van der Waals surface area contributed by atoms with E-state index >= 15 is 0 Å². The maximum Gasteiger partial charge on any atom is 0.220 e. The van der Waals surface area contributed by atoms with Crippen molar-refractivity contribution in [1.82, 2.24) is 5.32 Å². The molecule has 3 aliphatic heterocycles. The molecular weight excluding hydrogens is 1350 g/mol. The van der Waals surface area contributed by atoms with Crippen LogP contribution in [-0.2, 0) is 33.2 Å². The Bertz CT molecular complexity index is 2490. The van der Waals surface area contributed by atoms with E-state index in [-0.39, 0.29) is 18.9 Å². The second-order valence-corrected chi connectivity index (χ2v) is 28.5. The predicted molar refractivity (Wildman–Crippen MR) is 424 cm³/mol. The van der Waals surface area contributed by atoms with Crippen LogP contribution in [0.3, 0.4) is 0 Å². The number of allylic oxidation sites excluding steroid dienone is 24. The summed E-state index contributed by atoms with van der Waals surface area (Å²) in [5, 5.41) is 121. The first-order valence-electron chi connectivity index (χ1n) is 41.1. The summed E-state index contributed by atoms with van der Waals surface area (Å²) < 4.78 is 34.5. The van der Waals surface area contributed by atoms with Gasteiger partial charge in [-0.15, -0.1) is 0 Å². The lowest BCUT2D eigenvalue weighted by molar-refractivity contribution is -0.379. The lowest BCUT2D eigenvalue weighted by Gasteiger charge is -2.48. The lowest BCUT2D eigenvalue weighted by Crippen LogP contribution is -2.66. The summed E-state index contributed by atoms with van der Waals surface area (Å²) in [4.78, 5) is 13.5. The fourth-order valence-corrected chi connectivity index (χ4v) is 12.9. The number of amides is 1. The fourth-order valence-electron chi connectivity index (χ4n) is 12.9. The second-order valence-electron chi connectivity index (χ2n) is 28.5. The third-order valence-electron chi connectivity index (χ3n) is 19.4. The Hall–Kier alpha value is -4.33. The monoisotopic (exact) mass is 1490 g/mol. The van der Waals surface area contributed by atoms with E-state index in [0.717, 1.165) is 122 Å². The molecule has 3 rings (SSSR count). The van der Waals surface area contributed by atoms with Crippen LogP contribution in [0.5, 0.6) is 0 Å². The summed E-state index contributed by atoms with van der Waals surface area (Å²) in [6.07, 6.45) is 67.8. The molecule has 17 unspecified atom stereocenters. The Morgan fingerprint density at radius 2 is 0.651 bits per heavy atom. The normalized spacial score (nSPS) is 26.4. The standard InChI is InChI=1S/C87H145NO18/c1-3-5-7-9-11-13-15-17-19-21-23-25-26-27-28-29-30-31-32-33-34-35-36-37-38-39-40-41-42-43-44-45-47-49-51-53-55-57-59-61-63-65-75(93)88-70(71(92)64-62-60-58-56-54-52-50-48-46-24-22-20-18-16-14-12-10-8-6-4-2)69-101-85-81(99)78(96)83(73(67-90)103-85)106-87-82(100)79(97)84(74(68-91)104-87)105-86-80(98)77(95)76(94)72(66-89)102-86/h5,7,11,13,17,19,23,25,27-28,30-31,33-34,36-37,39-40,42-43,45,47,51,53,70-74,76-87,89-92,94-100H,3-4,6,8-10,12,14-16,18,20-22,24,26,29,32,35,38,41,44,46,48-50,52,54-69H2,1-2H3,(H,88,93)/b7-5-,13-11-,19-17-,25-23-,28-27-,31-30-,34-33-,37-36-,40-39-,43-42-,47-45-,53-51-. The molecule has 19 nitrogen and oxygen atoms in total. The first-order valence-corrected chi connectivity index (χ1v) is 41.1. The molecule has 0 aromatic rings. The van der Waals surface area contributed by atoms with Gasteiger partial charge in [0.05, 0.1) is 38.6 Å². The molecule has 0 spiro atoms. The molecule has 19 heteroatoms. The van der Waals surface area contributed by atoms with E-state index in [2.05, 4.69) is 165 Å². The average Bonchev–Trinajstić information content (AvgIpc) is 0.780. The minimum atomic E-state index is -1.98. The molecular formula is C87H145NO18. The largest absolute Gasteiger partial charge is 0.394 e. The van der Waals surface area contributed by atoms with Crippen LogP contribution in [0, 0.1) is 0 Å². The highest BCUT2D eigenvalue weighted by Gasteiger charge is 2.54. The van der Waals surface area contributed by atoms with Gasteiger partial charge in [-0.2, -0.15) is 0 Å². The first-order chi connectivity index (χ1) is 51.8. The van der Waals surface area contributed by atoms with Gasteiger partial charge in [0, 0.05) is 6.42 Å². The van der Waals surface area contributed by atoms with Gasteiger partial charge in [0.15, 0.2) is 18.9 Å². The van der Waals surface area contributed by atoms with E-state index in [1.807, 2.05) is 0 Å². The molecule has 3 heterocycles. The van der Waals surface area contributed by atoms with Crippen molar-refractivity contribution in [3.8, 4) is 0 Å². The van der Waals surface area contributed by atoms with Crippen LogP contribution in [0.2, 0.25) is 0 Å². The highest BCUT2D eigenvalue weighted by Crippen LogP contribution is 2.33. The smallest absolute Gasteiger partial charge is 0.220 e. The number of nitrogens with one attached hydrogen (secondary N) is 1. The zero-order valence-electron chi connectivity index (χ0n) is 64.9. The van der Waals surface area contributed by atoms with Crippen LogP contribution in [0.25, 0.3) is 0 Å². The van der Waals surface area contributed by atoms with Crippen molar-refractivity contribution in [1.29, 1.82) is 0 Å². The summed E-state index contributed by atoms with van der Waals surface area (Å²) >= 11 is 0. The molecule has 3 saturated heterocycles. The van der Waals surface area contributed by atoms with Gasteiger partial charge in [0.2, 0.25) is 5.91 Å². The van der Waals surface area contributed by atoms with E-state index in [4.69, 9.17) is 28.4 Å². The van der Waals surface area contributed by atoms with E-state index < -0.39 is 124 Å². The van der Waals surface area contributed by atoms with Crippen molar-refractivity contribution in [2.75, 3.05) is 26.4 Å². The van der Waals surface area contributed by atoms with Crippen molar-refractivity contribution < 1.29 is 89.4 Å². The highest BCUT2D eigenvalue weighted by molar-refractivity contribution is 5.76. The Kier molecular flexibility index (Phi) is 59.1. The molecule has 0 aromatic carbocycles. The van der Waals surface area contributed by atoms with Gasteiger partial charge < -0.3 is 89.9 Å². The number of unbranched alkanes of at least 4 members (excludes halogenated alkanes) is 23. The van der Waals surface area contributed by atoms with Crippen LogP contribution in [0.1, 0.15) is 264 Å². The molecule has 3 fully saturated rings. The number of aliphatic hydroxyl groups excluding tert-OH is 11. The number of rotatable bonds is 63. The Balaban J connectivity index is 1.36. The van der Waals surface area contributed by atoms with Gasteiger partial charge in [-0.05, 0) is 103 Å². The zero-order valence-corrected chi connectivity index (χ0v) is 64.9. The molecule has 12 N–H and O–H groups in total. The summed E-state index contributed by atoms with van der Waals surface area (Å²) in [6, 6.07) is -0.913. The average molecular weight is 1490 g/mol. The van der Waals surface area contributed by atoms with Gasteiger partial charge in [0.25, 0.3) is 0 Å². The number of ether oxygens (including phenoxy) is 6. The predicted octanol–water partition coefficient (Wildman–Crippen LogP) is 14.2. The van der Waals surface area contributed by atoms with Crippen LogP contribution >= 0.6 is 0 Å². The molecule has 106 heavy (non-hydrogen) atoms. The molecule has 0 radical (unpaired) electrons. The summed E-state index contributed by atoms with van der Waals surface area (Å²) in [6.45, 7) is 1.67. The second kappa shape index (κ2) is 65.4. The Morgan fingerprint density at radius 3 is 1.02 bits per heavy atom. The zero-order chi connectivity index (χ0) is 76.7. The molecule has 3 aliphatic rings. The summed E-state index contributed by atoms with van der Waals surface area (Å²) in [5.41, 5.74) is 0. The Morgan fingerprint density at radius 1 is 0.349 bits per heavy atom. The topological polar surface area (TPSA) is 307 Å². The van der Waals surface area contributed by atoms with Crippen molar-refractivity contribution in [2.24, 2.45) is 0 Å². The number of aliphatic hydroxyl groups is 11. The lowest BCUT2D eigenvalue weighted by atomic mass is 9.96. The molecule has 1 amide bonds. The van der Waals surface area contributed by atoms with Crippen molar-refractivity contribution in [2.45, 2.75) is 369 Å². The van der Waals surface area contributed by atoms with E-state index in [1.165, 1.54) is 103 Å². The molecule has 0 aliphatic carbocycles. The number of carbonyl (C=O) groups excluding carboxylic acids is 1. The Labute approximate surface area is 638 Å². The quantitative estimate of drug-likeness (QED) is 0.0199. The van der Waals surface area contributed by atoms with Crippen LogP contribution in [0.4, 0.5) is 0 Å². The number of hydrogen-bond acceptors (Lipinski definition) is 18. The molecule has 606 valence electrons. The third-order valence-corrected chi connectivity index (χ3v) is 19.4. The van der Waals surface area contributed by atoms with Crippen molar-refractivity contribution >= 4 is 5.91 Å². The van der Waals surface area contributed by atoms with Gasteiger partial charge in [-0.25, -0.2) is 0 Å². The van der Waals surface area contributed by atoms with E-state index in [9.17, 15) is 61.0 Å². The highest BCUT2D eigenvalue weighted by atomic mass is 16.8. The SMILES string of the molecule is CC/C=C\C/C=C\C/C=C\C/C=C\C/C=C\C/C=C\C/C=C\C/C=C\C/C=C\C/C=C\C/C=C\C/C=C\CCCCCCC(=O)NC(COC1OC(CO)C(OC2OC(CO)C(OC3OC(CO)C(O)C(O)C3O)C(O)C2O)C(O)C1O)C(O)CCCCCCCCCCCCCCCCCCCCCC. The van der Waals surface area contributed by atoms with Gasteiger partial charge >= 0.3 is 0 Å². The minimum absolute atomic E-state index is 0.228. The third kappa shape index (κ3) is 44.5. The van der Waals surface area contributed by atoms with Crippen LogP contribution in [0.15, 0.2) is 146 Å². The fraction of sp³-hybridized carbons (Fsp3) is 0.713. The molecule has 0 saturated carbocycles. The van der Waals surface area contributed by atoms with Crippen LogP contribution < -0.4 is 5.32 Å². The van der Waals surface area contributed by atoms with E-state index in [1.54, 1.807) is 0 Å². The van der Waals surface area contributed by atoms with Crippen LogP contribution in [-0.4, -0.2) is 193 Å². The van der Waals surface area contributed by atoms with Gasteiger partial charge in [-0.3, -0.25) is 4.79 Å². The summed E-state index contributed by atoms with van der Waals surface area (Å²) in [7, 11) is 0. The molecule has 17 atom stereocenters. The van der Waals surface area contributed by atoms with Gasteiger partial charge in [0.1, 0.15) is 73.2 Å². The first kappa shape index (κ1) is 95.9. The maximum atomic E-state index is 13.5. The molecule has 0 bridgehead atoms. The summed E-state index contributed by atoms with van der Waals surface area (Å²) in [5.74, 6) is -0.271. The van der Waals surface area contributed by atoms with Crippen molar-refractivity contribution in [3.05, 3.63) is 146 Å². The number of hydrogen-bond donors (Lipinski definition) is 12. The number of carbonyl (C=O) groups is 1.